The monoisotopic (exact) mass is 298 g/mol. The Morgan fingerprint density at radius 3 is 2.45 bits per heavy atom. The topological polar surface area (TPSA) is 89.3 Å². The molecule has 6 heteroatoms. The Kier molecular flexibility index (Phi) is 5.16. The summed E-state index contributed by atoms with van der Waals surface area (Å²) in [6, 6.07) is 4.69. The SMILES string of the molecule is Cc1c(N)cccc1S(=O)(=O)C(C)C(=O)NCC(C)C. The zero-order valence-corrected chi connectivity index (χ0v) is 13.1. The zero-order chi connectivity index (χ0) is 15.5. The van der Waals surface area contributed by atoms with E-state index in [1.54, 1.807) is 19.1 Å². The molecule has 0 aromatic heterocycles. The van der Waals surface area contributed by atoms with E-state index in [2.05, 4.69) is 5.32 Å². The van der Waals surface area contributed by atoms with E-state index < -0.39 is 21.0 Å². The van der Waals surface area contributed by atoms with Gasteiger partial charge in [0, 0.05) is 12.2 Å². The molecule has 0 radical (unpaired) electrons. The lowest BCUT2D eigenvalue weighted by Gasteiger charge is -2.16. The summed E-state index contributed by atoms with van der Waals surface area (Å²) in [4.78, 5) is 12.1. The molecular weight excluding hydrogens is 276 g/mol. The highest BCUT2D eigenvalue weighted by molar-refractivity contribution is 7.92. The molecule has 0 bridgehead atoms. The third kappa shape index (κ3) is 3.50. The number of nitrogens with two attached hydrogens (primary N) is 1. The highest BCUT2D eigenvalue weighted by Crippen LogP contribution is 2.24. The van der Waals surface area contributed by atoms with Crippen molar-refractivity contribution in [3.8, 4) is 0 Å². The van der Waals surface area contributed by atoms with Crippen molar-refractivity contribution in [1.82, 2.24) is 5.32 Å². The van der Waals surface area contributed by atoms with Gasteiger partial charge < -0.3 is 11.1 Å². The van der Waals surface area contributed by atoms with Gasteiger partial charge in [-0.05, 0) is 37.5 Å². The summed E-state index contributed by atoms with van der Waals surface area (Å²) < 4.78 is 24.9. The lowest BCUT2D eigenvalue weighted by Crippen LogP contribution is -2.39. The maximum Gasteiger partial charge on any atom is 0.238 e. The maximum absolute atomic E-state index is 12.5. The first kappa shape index (κ1) is 16.5. The number of carbonyl (C=O) groups excluding carboxylic acids is 1. The van der Waals surface area contributed by atoms with Crippen molar-refractivity contribution in [2.75, 3.05) is 12.3 Å². The van der Waals surface area contributed by atoms with Crippen LogP contribution < -0.4 is 11.1 Å². The largest absolute Gasteiger partial charge is 0.398 e. The molecule has 20 heavy (non-hydrogen) atoms. The third-order valence-electron chi connectivity index (χ3n) is 3.15. The van der Waals surface area contributed by atoms with Crippen LogP contribution in [0.25, 0.3) is 0 Å². The summed E-state index contributed by atoms with van der Waals surface area (Å²) in [7, 11) is -3.73. The summed E-state index contributed by atoms with van der Waals surface area (Å²) in [5.74, 6) is -0.219. The third-order valence-corrected chi connectivity index (χ3v) is 5.35. The van der Waals surface area contributed by atoms with E-state index in [4.69, 9.17) is 5.73 Å². The molecule has 0 aliphatic carbocycles. The van der Waals surface area contributed by atoms with E-state index in [0.29, 0.717) is 17.8 Å². The van der Waals surface area contributed by atoms with Gasteiger partial charge in [0.25, 0.3) is 0 Å². The molecule has 3 N–H and O–H groups in total. The van der Waals surface area contributed by atoms with Crippen molar-refractivity contribution >= 4 is 21.4 Å². The first-order chi connectivity index (χ1) is 9.17. The minimum atomic E-state index is -3.73. The Morgan fingerprint density at radius 1 is 1.30 bits per heavy atom. The molecule has 0 aliphatic heterocycles. The van der Waals surface area contributed by atoms with Crippen LogP contribution in [-0.4, -0.2) is 26.1 Å². The Bertz CT molecular complexity index is 594. The molecule has 0 aliphatic rings. The van der Waals surface area contributed by atoms with Crippen LogP contribution in [0.2, 0.25) is 0 Å². The fourth-order valence-corrected chi connectivity index (χ4v) is 3.28. The van der Waals surface area contributed by atoms with Crippen molar-refractivity contribution < 1.29 is 13.2 Å². The van der Waals surface area contributed by atoms with E-state index in [-0.39, 0.29) is 10.8 Å². The molecule has 0 heterocycles. The summed E-state index contributed by atoms with van der Waals surface area (Å²) >= 11 is 0. The Morgan fingerprint density at radius 2 is 1.90 bits per heavy atom. The van der Waals surface area contributed by atoms with Crippen LogP contribution in [0.15, 0.2) is 23.1 Å². The van der Waals surface area contributed by atoms with Gasteiger partial charge in [0.15, 0.2) is 9.84 Å². The number of hydrogen-bond donors (Lipinski definition) is 2. The lowest BCUT2D eigenvalue weighted by molar-refractivity contribution is -0.120. The van der Waals surface area contributed by atoms with Gasteiger partial charge in [0.2, 0.25) is 5.91 Å². The summed E-state index contributed by atoms with van der Waals surface area (Å²) in [6.45, 7) is 7.38. The van der Waals surface area contributed by atoms with Crippen molar-refractivity contribution in [2.24, 2.45) is 5.92 Å². The molecule has 0 saturated carbocycles. The number of nitrogen functional groups attached to an aromatic ring is 1. The van der Waals surface area contributed by atoms with Crippen LogP contribution in [-0.2, 0) is 14.6 Å². The molecule has 112 valence electrons. The molecule has 1 aromatic carbocycles. The van der Waals surface area contributed by atoms with Crippen molar-refractivity contribution in [3.63, 3.8) is 0 Å². The molecule has 1 unspecified atom stereocenters. The summed E-state index contributed by atoms with van der Waals surface area (Å²) in [5, 5.41) is 1.51. The van der Waals surface area contributed by atoms with E-state index in [1.807, 2.05) is 13.8 Å². The Labute approximate surface area is 120 Å². The second-order valence-electron chi connectivity index (χ2n) is 5.30. The molecule has 0 fully saturated rings. The molecule has 1 atom stereocenters. The average molecular weight is 298 g/mol. The molecule has 1 amide bonds. The standard InChI is InChI=1S/C14H22N2O3S/c1-9(2)8-16-14(17)11(4)20(18,19)13-7-5-6-12(15)10(13)3/h5-7,9,11H,8,15H2,1-4H3,(H,16,17). The highest BCUT2D eigenvalue weighted by Gasteiger charge is 2.31. The van der Waals surface area contributed by atoms with Gasteiger partial charge in [0.1, 0.15) is 5.25 Å². The number of anilines is 1. The number of nitrogens with one attached hydrogen (secondary N) is 1. The summed E-state index contributed by atoms with van der Waals surface area (Å²) in [6.07, 6.45) is 0. The van der Waals surface area contributed by atoms with Gasteiger partial charge in [-0.25, -0.2) is 8.42 Å². The summed E-state index contributed by atoms with van der Waals surface area (Å²) in [5.41, 5.74) is 6.61. The second kappa shape index (κ2) is 6.26. The van der Waals surface area contributed by atoms with Crippen LogP contribution in [0.5, 0.6) is 0 Å². The van der Waals surface area contributed by atoms with Crippen LogP contribution in [0, 0.1) is 12.8 Å². The van der Waals surface area contributed by atoms with Crippen LogP contribution in [0.1, 0.15) is 26.3 Å². The maximum atomic E-state index is 12.5. The molecule has 0 saturated heterocycles. The lowest BCUT2D eigenvalue weighted by atomic mass is 10.2. The Hall–Kier alpha value is -1.56. The van der Waals surface area contributed by atoms with E-state index in [1.165, 1.54) is 13.0 Å². The van der Waals surface area contributed by atoms with E-state index in [0.717, 1.165) is 0 Å². The van der Waals surface area contributed by atoms with Crippen LogP contribution in [0.4, 0.5) is 5.69 Å². The Balaban J connectivity index is 3.04. The zero-order valence-electron chi connectivity index (χ0n) is 12.3. The molecule has 1 aromatic rings. The normalized spacial score (nSPS) is 13.2. The van der Waals surface area contributed by atoms with Gasteiger partial charge in [-0.1, -0.05) is 19.9 Å². The van der Waals surface area contributed by atoms with E-state index in [9.17, 15) is 13.2 Å². The number of hydrogen-bond acceptors (Lipinski definition) is 4. The predicted octanol–water partition coefficient (Wildman–Crippen LogP) is 1.51. The van der Waals surface area contributed by atoms with Crippen LogP contribution in [0.3, 0.4) is 0 Å². The smallest absolute Gasteiger partial charge is 0.238 e. The van der Waals surface area contributed by atoms with Gasteiger partial charge in [0.05, 0.1) is 4.90 Å². The van der Waals surface area contributed by atoms with Gasteiger partial charge in [-0.2, -0.15) is 0 Å². The number of amides is 1. The van der Waals surface area contributed by atoms with Crippen molar-refractivity contribution in [1.29, 1.82) is 0 Å². The first-order valence-corrected chi connectivity index (χ1v) is 8.09. The van der Waals surface area contributed by atoms with Gasteiger partial charge >= 0.3 is 0 Å². The van der Waals surface area contributed by atoms with Crippen molar-refractivity contribution in [2.45, 2.75) is 37.8 Å². The first-order valence-electron chi connectivity index (χ1n) is 6.54. The number of benzene rings is 1. The fourth-order valence-electron chi connectivity index (χ4n) is 1.72. The van der Waals surface area contributed by atoms with Crippen LogP contribution >= 0.6 is 0 Å². The van der Waals surface area contributed by atoms with Crippen molar-refractivity contribution in [3.05, 3.63) is 23.8 Å². The number of sulfone groups is 1. The number of rotatable bonds is 5. The molecule has 5 nitrogen and oxygen atoms in total. The quantitative estimate of drug-likeness (QED) is 0.806. The minimum absolute atomic E-state index is 0.115. The average Bonchev–Trinajstić information content (AvgIpc) is 2.37. The van der Waals surface area contributed by atoms with Gasteiger partial charge in [-0.15, -0.1) is 0 Å². The highest BCUT2D eigenvalue weighted by atomic mass is 32.2. The second-order valence-corrected chi connectivity index (χ2v) is 7.53. The molecular formula is C14H22N2O3S. The molecule has 0 spiro atoms. The van der Waals surface area contributed by atoms with Gasteiger partial charge in [-0.3, -0.25) is 4.79 Å². The van der Waals surface area contributed by atoms with E-state index >= 15 is 0 Å². The molecule has 1 rings (SSSR count). The fraction of sp³-hybridized carbons (Fsp3) is 0.500. The minimum Gasteiger partial charge on any atom is -0.398 e. The number of carbonyl (C=O) groups is 1. The predicted molar refractivity (Wildman–Crippen MR) is 80.1 cm³/mol.